The van der Waals surface area contributed by atoms with E-state index in [9.17, 15) is 28.3 Å². The lowest BCUT2D eigenvalue weighted by Crippen LogP contribution is -2.52. The van der Waals surface area contributed by atoms with Gasteiger partial charge in [-0.2, -0.15) is 0 Å². The first-order valence-corrected chi connectivity index (χ1v) is 10.3. The molecule has 3 amide bonds. The summed E-state index contributed by atoms with van der Waals surface area (Å²) in [6.07, 6.45) is 0.00838. The quantitative estimate of drug-likeness (QED) is 0.546. The highest BCUT2D eigenvalue weighted by Gasteiger charge is 2.30. The first kappa shape index (κ1) is 23.3. The second-order valence-corrected chi connectivity index (χ2v) is 7.80. The van der Waals surface area contributed by atoms with Crippen LogP contribution in [0.2, 0.25) is 0 Å². The molecule has 1 fully saturated rings. The lowest BCUT2D eigenvalue weighted by Gasteiger charge is -2.21. The Hall–Kier alpha value is -3.33. The van der Waals surface area contributed by atoms with Gasteiger partial charge >= 0.3 is 0 Å². The topological polar surface area (TPSA) is 108 Å². The van der Waals surface area contributed by atoms with Crippen LogP contribution < -0.4 is 16.0 Å². The van der Waals surface area contributed by atoms with E-state index < -0.39 is 41.6 Å². The Labute approximate surface area is 184 Å². The molecule has 0 saturated carbocycles. The molecule has 1 heterocycles. The number of hydrogen-bond donors (Lipinski definition) is 4. The molecular weight excluding hydrogens is 420 g/mol. The maximum Gasteiger partial charge on any atom is 0.254 e. The monoisotopic (exact) mass is 445 g/mol. The van der Waals surface area contributed by atoms with E-state index in [1.165, 1.54) is 6.92 Å². The lowest BCUT2D eigenvalue weighted by atomic mass is 10.0. The Morgan fingerprint density at radius 3 is 2.38 bits per heavy atom. The number of carbonyl (C=O) groups is 3. The summed E-state index contributed by atoms with van der Waals surface area (Å²) in [6.45, 7) is 1.38. The number of hydrogen-bond acceptors (Lipinski definition) is 4. The summed E-state index contributed by atoms with van der Waals surface area (Å²) in [6, 6.07) is 9.81. The molecule has 0 spiro atoms. The maximum absolute atomic E-state index is 13.3. The summed E-state index contributed by atoms with van der Waals surface area (Å²) in [5, 5.41) is 17.9. The Morgan fingerprint density at radius 1 is 1.06 bits per heavy atom. The van der Waals surface area contributed by atoms with E-state index in [-0.39, 0.29) is 17.5 Å². The molecule has 4 atom stereocenters. The number of amides is 3. The summed E-state index contributed by atoms with van der Waals surface area (Å²) in [4.78, 5) is 37.4. The molecule has 9 heteroatoms. The average Bonchev–Trinajstić information content (AvgIpc) is 2.94. The summed E-state index contributed by atoms with van der Waals surface area (Å²) < 4.78 is 26.6. The highest BCUT2D eigenvalue weighted by atomic mass is 19.1. The zero-order valence-corrected chi connectivity index (χ0v) is 17.5. The Balaban J connectivity index is 1.56. The van der Waals surface area contributed by atoms with E-state index in [1.807, 2.05) is 30.3 Å². The first-order valence-electron chi connectivity index (χ1n) is 10.3. The molecule has 32 heavy (non-hydrogen) atoms. The van der Waals surface area contributed by atoms with Crippen LogP contribution in [0.3, 0.4) is 0 Å². The van der Waals surface area contributed by atoms with E-state index in [2.05, 4.69) is 16.0 Å². The number of aliphatic hydroxyl groups is 1. The Bertz CT molecular complexity index is 966. The average molecular weight is 445 g/mol. The molecule has 7 nitrogen and oxygen atoms in total. The van der Waals surface area contributed by atoms with Crippen LogP contribution in [0.5, 0.6) is 0 Å². The van der Waals surface area contributed by atoms with Crippen molar-refractivity contribution >= 4 is 17.7 Å². The van der Waals surface area contributed by atoms with Crippen LogP contribution in [-0.4, -0.2) is 34.9 Å². The van der Waals surface area contributed by atoms with E-state index in [4.69, 9.17) is 0 Å². The third-order valence-corrected chi connectivity index (χ3v) is 5.34. The van der Waals surface area contributed by atoms with Crippen LogP contribution in [0.1, 0.15) is 49.5 Å². The molecular formula is C23H25F2N3O4. The van der Waals surface area contributed by atoms with Gasteiger partial charge in [0.25, 0.3) is 5.91 Å². The molecule has 0 radical (unpaired) electrons. The standard InChI is InChI=1S/C23H25F2N3O4/c1-13(26-23(32)20(29)15-10-16(24)12-17(25)11-15)21(30)28-19-9-5-8-18(27-22(19)31)14-6-3-2-4-7-14/h2-4,6-7,10-13,18-20,29H,5,8-9H2,1H3,(H,26,32)(H,27,31)(H,28,30)/t13-,18+,19-,20-/m0/s1. The summed E-state index contributed by atoms with van der Waals surface area (Å²) in [7, 11) is 0. The molecule has 170 valence electrons. The lowest BCUT2D eigenvalue weighted by molar-refractivity contribution is -0.135. The normalized spacial score (nSPS) is 20.4. The summed E-state index contributed by atoms with van der Waals surface area (Å²) >= 11 is 0. The number of aliphatic hydroxyl groups excluding tert-OH is 1. The molecule has 2 aromatic rings. The minimum atomic E-state index is -1.86. The van der Waals surface area contributed by atoms with Crippen LogP contribution in [0.15, 0.2) is 48.5 Å². The van der Waals surface area contributed by atoms with Gasteiger partial charge in [-0.25, -0.2) is 8.78 Å². The smallest absolute Gasteiger partial charge is 0.254 e. The van der Waals surface area contributed by atoms with E-state index in [0.717, 1.165) is 24.1 Å². The van der Waals surface area contributed by atoms with Gasteiger partial charge in [-0.1, -0.05) is 30.3 Å². The van der Waals surface area contributed by atoms with E-state index in [1.54, 1.807) is 0 Å². The third-order valence-electron chi connectivity index (χ3n) is 5.34. The predicted octanol–water partition coefficient (Wildman–Crippen LogP) is 2.03. The number of rotatable bonds is 6. The second kappa shape index (κ2) is 10.3. The van der Waals surface area contributed by atoms with Crippen molar-refractivity contribution in [3.05, 3.63) is 71.3 Å². The van der Waals surface area contributed by atoms with Gasteiger partial charge in [-0.3, -0.25) is 14.4 Å². The molecule has 0 aromatic heterocycles. The number of halogens is 2. The third kappa shape index (κ3) is 5.88. The fourth-order valence-corrected chi connectivity index (χ4v) is 3.61. The highest BCUT2D eigenvalue weighted by molar-refractivity contribution is 5.93. The van der Waals surface area contributed by atoms with Gasteiger partial charge in [0.2, 0.25) is 11.8 Å². The van der Waals surface area contributed by atoms with Gasteiger partial charge in [-0.05, 0) is 49.4 Å². The SMILES string of the molecule is C[C@H](NC(=O)[C@@H](O)c1cc(F)cc(F)c1)C(=O)N[C@H]1CCC[C@H](c2ccccc2)NC1=O. The molecule has 1 aliphatic rings. The van der Waals surface area contributed by atoms with Crippen molar-refractivity contribution in [2.75, 3.05) is 0 Å². The van der Waals surface area contributed by atoms with Gasteiger partial charge in [-0.15, -0.1) is 0 Å². The van der Waals surface area contributed by atoms with Crippen LogP contribution in [-0.2, 0) is 14.4 Å². The highest BCUT2D eigenvalue weighted by Crippen LogP contribution is 2.23. The van der Waals surface area contributed by atoms with Crippen molar-refractivity contribution < 1.29 is 28.3 Å². The molecule has 1 saturated heterocycles. The van der Waals surface area contributed by atoms with Crippen LogP contribution in [0.4, 0.5) is 8.78 Å². The minimum Gasteiger partial charge on any atom is -0.378 e. The van der Waals surface area contributed by atoms with Crippen molar-refractivity contribution in [1.29, 1.82) is 0 Å². The molecule has 0 bridgehead atoms. The van der Waals surface area contributed by atoms with Crippen molar-refractivity contribution in [2.24, 2.45) is 0 Å². The van der Waals surface area contributed by atoms with Crippen molar-refractivity contribution in [3.63, 3.8) is 0 Å². The van der Waals surface area contributed by atoms with Gasteiger partial charge in [0, 0.05) is 6.07 Å². The van der Waals surface area contributed by atoms with Crippen molar-refractivity contribution in [2.45, 2.75) is 50.4 Å². The van der Waals surface area contributed by atoms with Gasteiger partial charge in [0.05, 0.1) is 6.04 Å². The molecule has 0 aliphatic carbocycles. The van der Waals surface area contributed by atoms with E-state index in [0.29, 0.717) is 18.9 Å². The fraction of sp³-hybridized carbons (Fsp3) is 0.348. The first-order chi connectivity index (χ1) is 15.2. The molecule has 0 unspecified atom stereocenters. The maximum atomic E-state index is 13.3. The Morgan fingerprint density at radius 2 is 1.72 bits per heavy atom. The molecule has 1 aliphatic heterocycles. The van der Waals surface area contributed by atoms with Crippen molar-refractivity contribution in [3.8, 4) is 0 Å². The van der Waals surface area contributed by atoms with Crippen molar-refractivity contribution in [1.82, 2.24) is 16.0 Å². The fourth-order valence-electron chi connectivity index (χ4n) is 3.61. The Kier molecular flexibility index (Phi) is 7.53. The van der Waals surface area contributed by atoms with E-state index >= 15 is 0 Å². The zero-order chi connectivity index (χ0) is 23.3. The molecule has 2 aromatic carbocycles. The van der Waals surface area contributed by atoms with Crippen LogP contribution in [0.25, 0.3) is 0 Å². The van der Waals surface area contributed by atoms with Gasteiger partial charge in [0.15, 0.2) is 6.10 Å². The minimum absolute atomic E-state index is 0.149. The van der Waals surface area contributed by atoms with Gasteiger partial charge < -0.3 is 21.1 Å². The van der Waals surface area contributed by atoms with Crippen LogP contribution >= 0.6 is 0 Å². The predicted molar refractivity (Wildman–Crippen MR) is 112 cm³/mol. The van der Waals surface area contributed by atoms with Crippen LogP contribution in [0, 0.1) is 11.6 Å². The molecule has 3 rings (SSSR count). The molecule has 4 N–H and O–H groups in total. The number of carbonyl (C=O) groups excluding carboxylic acids is 3. The largest absolute Gasteiger partial charge is 0.378 e. The summed E-state index contributed by atoms with van der Waals surface area (Å²) in [5.41, 5.74) is 0.707. The second-order valence-electron chi connectivity index (χ2n) is 7.80. The zero-order valence-electron chi connectivity index (χ0n) is 17.5. The number of nitrogens with one attached hydrogen (secondary N) is 3. The summed E-state index contributed by atoms with van der Waals surface area (Å²) in [5.74, 6) is -3.81. The van der Waals surface area contributed by atoms with Gasteiger partial charge in [0.1, 0.15) is 23.7 Å². The number of benzene rings is 2.